The van der Waals surface area contributed by atoms with Crippen LogP contribution in [-0.2, 0) is 0 Å². The third-order valence-electron chi connectivity index (χ3n) is 13.4. The number of thiophene rings is 1. The van der Waals surface area contributed by atoms with Crippen molar-refractivity contribution in [3.8, 4) is 44.5 Å². The smallest absolute Gasteiger partial charge is 0.0546 e. The Morgan fingerprint density at radius 1 is 0.273 bits per heavy atom. The molecule has 0 bridgehead atoms. The molecular formula is C64H41NS. The summed E-state index contributed by atoms with van der Waals surface area (Å²) in [5, 5.41) is 12.5. The molecule has 0 amide bonds. The Morgan fingerprint density at radius 2 is 0.803 bits per heavy atom. The van der Waals surface area contributed by atoms with Gasteiger partial charge in [-0.25, -0.2) is 0 Å². The van der Waals surface area contributed by atoms with Crippen molar-refractivity contribution in [3.05, 3.63) is 249 Å². The molecule has 0 N–H and O–H groups in total. The van der Waals surface area contributed by atoms with E-state index in [2.05, 4.69) is 254 Å². The molecule has 1 nitrogen and oxygen atoms in total. The van der Waals surface area contributed by atoms with E-state index in [-0.39, 0.29) is 0 Å². The molecule has 0 spiro atoms. The van der Waals surface area contributed by atoms with Crippen molar-refractivity contribution in [1.82, 2.24) is 0 Å². The first-order valence-electron chi connectivity index (χ1n) is 22.7. The quantitative estimate of drug-likeness (QED) is 0.144. The van der Waals surface area contributed by atoms with Crippen molar-refractivity contribution >= 4 is 91.7 Å². The molecule has 0 saturated carbocycles. The predicted octanol–water partition coefficient (Wildman–Crippen LogP) is 18.8. The average Bonchev–Trinajstić information content (AvgIpc) is 3.78. The summed E-state index contributed by atoms with van der Waals surface area (Å²) < 4.78 is 2.64. The minimum absolute atomic E-state index is 1.10. The van der Waals surface area contributed by atoms with Gasteiger partial charge in [-0.1, -0.05) is 206 Å². The van der Waals surface area contributed by atoms with Gasteiger partial charge in [0.05, 0.1) is 5.69 Å². The van der Waals surface area contributed by atoms with Crippen LogP contribution in [0.25, 0.3) is 108 Å². The van der Waals surface area contributed by atoms with E-state index in [9.17, 15) is 0 Å². The number of rotatable bonds is 7. The van der Waals surface area contributed by atoms with E-state index in [0.717, 1.165) is 22.6 Å². The van der Waals surface area contributed by atoms with Crippen molar-refractivity contribution in [2.45, 2.75) is 0 Å². The number of fused-ring (bicyclic) bond motifs is 9. The Kier molecular flexibility index (Phi) is 9.11. The fourth-order valence-corrected chi connectivity index (χ4v) is 11.7. The molecule has 0 saturated heterocycles. The van der Waals surface area contributed by atoms with E-state index in [1.54, 1.807) is 0 Å². The lowest BCUT2D eigenvalue weighted by Gasteiger charge is -2.28. The molecule has 12 aromatic carbocycles. The topological polar surface area (TPSA) is 3.24 Å². The molecule has 1 heterocycles. The average molecular weight is 856 g/mol. The third-order valence-corrected chi connectivity index (χ3v) is 14.6. The summed E-state index contributed by atoms with van der Waals surface area (Å²) in [6.07, 6.45) is 0. The first-order chi connectivity index (χ1) is 32.7. The molecule has 13 rings (SSSR count). The highest BCUT2D eigenvalue weighted by Crippen LogP contribution is 2.48. The first-order valence-corrected chi connectivity index (χ1v) is 23.5. The van der Waals surface area contributed by atoms with E-state index < -0.39 is 0 Å². The van der Waals surface area contributed by atoms with E-state index in [1.807, 2.05) is 11.3 Å². The van der Waals surface area contributed by atoms with Gasteiger partial charge in [0.25, 0.3) is 0 Å². The van der Waals surface area contributed by atoms with Gasteiger partial charge < -0.3 is 4.90 Å². The van der Waals surface area contributed by atoms with E-state index >= 15 is 0 Å². The molecule has 0 unspecified atom stereocenters. The molecule has 13 aromatic rings. The zero-order chi connectivity index (χ0) is 43.6. The van der Waals surface area contributed by atoms with Crippen LogP contribution in [0.2, 0.25) is 0 Å². The lowest BCUT2D eigenvalue weighted by atomic mass is 9.84. The zero-order valence-electron chi connectivity index (χ0n) is 36.0. The van der Waals surface area contributed by atoms with Crippen LogP contribution in [0, 0.1) is 0 Å². The van der Waals surface area contributed by atoms with Crippen molar-refractivity contribution < 1.29 is 0 Å². The Morgan fingerprint density at radius 3 is 1.56 bits per heavy atom. The van der Waals surface area contributed by atoms with Crippen LogP contribution in [-0.4, -0.2) is 0 Å². The Labute approximate surface area is 387 Å². The summed E-state index contributed by atoms with van der Waals surface area (Å²) in [5.74, 6) is 0. The number of hydrogen-bond donors (Lipinski definition) is 0. The van der Waals surface area contributed by atoms with E-state index in [4.69, 9.17) is 0 Å². The lowest BCUT2D eigenvalue weighted by molar-refractivity contribution is 1.30. The summed E-state index contributed by atoms with van der Waals surface area (Å²) in [4.78, 5) is 2.46. The summed E-state index contributed by atoms with van der Waals surface area (Å²) in [6.45, 7) is 0. The van der Waals surface area contributed by atoms with Crippen molar-refractivity contribution in [1.29, 1.82) is 0 Å². The second kappa shape index (κ2) is 15.7. The minimum atomic E-state index is 1.10. The van der Waals surface area contributed by atoms with E-state index in [0.29, 0.717) is 0 Å². The third kappa shape index (κ3) is 6.30. The highest BCUT2D eigenvalue weighted by Gasteiger charge is 2.21. The van der Waals surface area contributed by atoms with Crippen molar-refractivity contribution in [2.75, 3.05) is 4.90 Å². The Hall–Kier alpha value is -8.30. The van der Waals surface area contributed by atoms with Gasteiger partial charge in [0.1, 0.15) is 0 Å². The minimum Gasteiger partial charge on any atom is -0.310 e. The Bertz CT molecular complexity index is 3980. The zero-order valence-corrected chi connectivity index (χ0v) is 36.8. The first kappa shape index (κ1) is 38.2. The maximum Gasteiger partial charge on any atom is 0.0546 e. The molecule has 66 heavy (non-hydrogen) atoms. The molecule has 1 aromatic heterocycles. The van der Waals surface area contributed by atoms with Crippen molar-refractivity contribution in [2.24, 2.45) is 0 Å². The van der Waals surface area contributed by atoms with Crippen molar-refractivity contribution in [3.63, 3.8) is 0 Å². The summed E-state index contributed by atoms with van der Waals surface area (Å²) in [6, 6.07) is 91.6. The summed E-state index contributed by atoms with van der Waals surface area (Å²) in [7, 11) is 0. The lowest BCUT2D eigenvalue weighted by Crippen LogP contribution is -2.10. The van der Waals surface area contributed by atoms with Gasteiger partial charge in [0, 0.05) is 36.9 Å². The van der Waals surface area contributed by atoms with Gasteiger partial charge in [0.15, 0.2) is 0 Å². The highest BCUT2D eigenvalue weighted by molar-refractivity contribution is 7.26. The van der Waals surface area contributed by atoms with Crippen LogP contribution in [0.3, 0.4) is 0 Å². The number of anilines is 3. The fourth-order valence-electron chi connectivity index (χ4n) is 10.4. The number of nitrogens with zero attached hydrogens (tertiary/aromatic N) is 1. The molecule has 0 atom stereocenters. The van der Waals surface area contributed by atoms with Gasteiger partial charge in [-0.2, -0.15) is 0 Å². The second-order valence-electron chi connectivity index (χ2n) is 17.2. The van der Waals surface area contributed by atoms with Gasteiger partial charge in [-0.15, -0.1) is 11.3 Å². The molecular weight excluding hydrogens is 815 g/mol. The number of benzene rings is 12. The van der Waals surface area contributed by atoms with Gasteiger partial charge in [0.2, 0.25) is 0 Å². The summed E-state index contributed by atoms with van der Waals surface area (Å²) >= 11 is 1.88. The molecule has 0 aliphatic heterocycles. The van der Waals surface area contributed by atoms with Crippen LogP contribution in [0.5, 0.6) is 0 Å². The van der Waals surface area contributed by atoms with Crippen LogP contribution < -0.4 is 4.90 Å². The molecule has 0 aliphatic rings. The van der Waals surface area contributed by atoms with Crippen LogP contribution in [0.1, 0.15) is 0 Å². The van der Waals surface area contributed by atoms with Gasteiger partial charge in [-0.05, 0) is 125 Å². The largest absolute Gasteiger partial charge is 0.310 e. The summed E-state index contributed by atoms with van der Waals surface area (Å²) in [5.41, 5.74) is 13.1. The van der Waals surface area contributed by atoms with Gasteiger partial charge >= 0.3 is 0 Å². The molecule has 2 heteroatoms. The Balaban J connectivity index is 1.01. The highest BCUT2D eigenvalue weighted by atomic mass is 32.1. The monoisotopic (exact) mass is 855 g/mol. The molecule has 0 radical (unpaired) electrons. The molecule has 308 valence electrons. The van der Waals surface area contributed by atoms with Crippen LogP contribution in [0.4, 0.5) is 17.1 Å². The maximum absolute atomic E-state index is 2.46. The molecule has 0 fully saturated rings. The van der Waals surface area contributed by atoms with E-state index in [1.165, 1.54) is 102 Å². The fraction of sp³-hybridized carbons (Fsp3) is 0. The van der Waals surface area contributed by atoms with Crippen LogP contribution >= 0.6 is 11.3 Å². The SMILES string of the molecule is c1ccc(-c2c(-c3ccccc3)c3cc(-c4cccc(N(c5ccc(-c6cccc7c6sc6ccccc67)cc5)c5cc6ccccc6c6ccccc56)c4)ccc3c3ccccc23)cc1. The molecule has 0 aliphatic carbocycles. The van der Waals surface area contributed by atoms with Gasteiger partial charge in [-0.3, -0.25) is 0 Å². The number of hydrogen-bond acceptors (Lipinski definition) is 2. The normalized spacial score (nSPS) is 11.6. The maximum atomic E-state index is 2.46. The predicted molar refractivity (Wildman–Crippen MR) is 286 cm³/mol. The standard InChI is InChI=1S/C64H41NS/c1-3-17-43(18-4-1)62-57-29-12-10-26-53(57)54-38-35-46(40-59(54)63(62)44-19-5-2-6-20-44)45-22-15-23-49(39-45)65(60-41-47-21-7-8-24-50(47)52-25-9-11-27-55(52)60)48-36-33-42(34-37-48)51-30-16-31-58-56-28-13-14-32-61(56)66-64(51)58/h1-41H. The van der Waals surface area contributed by atoms with Crippen LogP contribution in [0.15, 0.2) is 249 Å². The second-order valence-corrected chi connectivity index (χ2v) is 18.2.